The van der Waals surface area contributed by atoms with Crippen molar-refractivity contribution in [3.63, 3.8) is 0 Å². The van der Waals surface area contributed by atoms with Crippen molar-refractivity contribution >= 4 is 62.3 Å². The minimum atomic E-state index is -4.25. The van der Waals surface area contributed by atoms with Gasteiger partial charge < -0.3 is 10.2 Å². The molecular formula is C27H28Cl3N3O4S. The number of nitrogens with one attached hydrogen (secondary N) is 1. The molecule has 0 saturated heterocycles. The first kappa shape index (κ1) is 29.8. The second-order valence-electron chi connectivity index (χ2n) is 8.87. The number of carbonyl (C=O) groups excluding carboxylic acids is 2. The van der Waals surface area contributed by atoms with Gasteiger partial charge in [-0.15, -0.1) is 0 Å². The predicted octanol–water partition coefficient (Wildman–Crippen LogP) is 5.78. The molecule has 1 N–H and O–H groups in total. The Morgan fingerprint density at radius 3 is 2.13 bits per heavy atom. The Hall–Kier alpha value is -2.78. The van der Waals surface area contributed by atoms with Gasteiger partial charge in [-0.2, -0.15) is 0 Å². The summed E-state index contributed by atoms with van der Waals surface area (Å²) in [5, 5.41) is 3.54. The second-order valence-corrected chi connectivity index (χ2v) is 12.0. The van der Waals surface area contributed by atoms with E-state index >= 15 is 0 Å². The van der Waals surface area contributed by atoms with Crippen LogP contribution < -0.4 is 9.62 Å². The van der Waals surface area contributed by atoms with E-state index in [1.54, 1.807) is 63.2 Å². The molecule has 3 rings (SSSR count). The average molecular weight is 597 g/mol. The molecule has 3 aromatic carbocycles. The van der Waals surface area contributed by atoms with E-state index in [1.807, 2.05) is 0 Å². The zero-order valence-electron chi connectivity index (χ0n) is 21.1. The maximum atomic E-state index is 13.9. The van der Waals surface area contributed by atoms with E-state index in [0.29, 0.717) is 10.6 Å². The number of benzene rings is 3. The molecule has 0 saturated carbocycles. The molecule has 7 nitrogen and oxygen atoms in total. The monoisotopic (exact) mass is 595 g/mol. The third-order valence-electron chi connectivity index (χ3n) is 5.68. The number of halogens is 3. The van der Waals surface area contributed by atoms with E-state index < -0.39 is 34.4 Å². The molecule has 0 aliphatic rings. The Kier molecular flexibility index (Phi) is 10.1. The van der Waals surface area contributed by atoms with Crippen molar-refractivity contribution in [3.8, 4) is 0 Å². The van der Waals surface area contributed by atoms with Crippen LogP contribution in [0, 0.1) is 0 Å². The van der Waals surface area contributed by atoms with Crippen molar-refractivity contribution in [2.75, 3.05) is 10.8 Å². The molecule has 11 heteroatoms. The second kappa shape index (κ2) is 12.8. The van der Waals surface area contributed by atoms with Gasteiger partial charge in [-0.25, -0.2) is 8.42 Å². The van der Waals surface area contributed by atoms with Crippen molar-refractivity contribution in [3.05, 3.63) is 93.4 Å². The largest absolute Gasteiger partial charge is 0.352 e. The van der Waals surface area contributed by atoms with Gasteiger partial charge >= 0.3 is 0 Å². The maximum absolute atomic E-state index is 13.9. The van der Waals surface area contributed by atoms with Crippen LogP contribution in [0.3, 0.4) is 0 Å². The lowest BCUT2D eigenvalue weighted by molar-refractivity contribution is -0.139. The number of carbonyl (C=O) groups is 2. The molecule has 0 radical (unpaired) electrons. The summed E-state index contributed by atoms with van der Waals surface area (Å²) in [6, 6.07) is 17.9. The number of amides is 2. The Labute approximate surface area is 238 Å². The van der Waals surface area contributed by atoms with Crippen LogP contribution in [0.4, 0.5) is 5.69 Å². The van der Waals surface area contributed by atoms with Gasteiger partial charge in [-0.05, 0) is 62.7 Å². The molecule has 38 heavy (non-hydrogen) atoms. The highest BCUT2D eigenvalue weighted by molar-refractivity contribution is 7.92. The summed E-state index contributed by atoms with van der Waals surface area (Å²) in [5.74, 6) is -1.02. The molecule has 0 fully saturated rings. The van der Waals surface area contributed by atoms with Crippen molar-refractivity contribution in [1.82, 2.24) is 10.2 Å². The van der Waals surface area contributed by atoms with Crippen LogP contribution in [0.1, 0.15) is 26.3 Å². The van der Waals surface area contributed by atoms with Crippen molar-refractivity contribution < 1.29 is 18.0 Å². The van der Waals surface area contributed by atoms with Crippen LogP contribution in [0.25, 0.3) is 0 Å². The fourth-order valence-corrected chi connectivity index (χ4v) is 5.79. The number of sulfonamides is 1. The van der Waals surface area contributed by atoms with Gasteiger partial charge in [0.1, 0.15) is 12.6 Å². The Morgan fingerprint density at radius 2 is 1.50 bits per heavy atom. The number of hydrogen-bond acceptors (Lipinski definition) is 4. The summed E-state index contributed by atoms with van der Waals surface area (Å²) in [4.78, 5) is 28.1. The Balaban J connectivity index is 2.08. The third kappa shape index (κ3) is 7.20. The molecule has 0 heterocycles. The average Bonchev–Trinajstić information content (AvgIpc) is 2.88. The van der Waals surface area contributed by atoms with Crippen LogP contribution in [-0.4, -0.2) is 43.8 Å². The fraction of sp³-hybridized carbons (Fsp3) is 0.259. The summed E-state index contributed by atoms with van der Waals surface area (Å²) in [6.45, 7) is 4.53. The lowest BCUT2D eigenvalue weighted by Gasteiger charge is -2.32. The standard InChI is InChI=1S/C27H28Cl3N3O4S/c1-18(2)31-27(35)19(3)32(16-20-9-7-8-12-23(20)29)26(34)17-33(25-15-21(28)13-14-24(25)30)38(36,37)22-10-5-4-6-11-22/h4-15,18-19H,16-17H2,1-3H3,(H,31,35)/t19-/m1/s1. The number of hydrogen-bond donors (Lipinski definition) is 1. The minimum Gasteiger partial charge on any atom is -0.352 e. The SMILES string of the molecule is CC(C)NC(=O)[C@@H](C)N(Cc1ccccc1Cl)C(=O)CN(c1cc(Cl)ccc1Cl)S(=O)(=O)c1ccccc1. The molecule has 0 aliphatic heterocycles. The molecule has 1 atom stereocenters. The fourth-order valence-electron chi connectivity index (χ4n) is 3.71. The molecule has 0 spiro atoms. The van der Waals surface area contributed by atoms with Gasteiger partial charge in [-0.1, -0.05) is 71.2 Å². The molecule has 0 unspecified atom stereocenters. The first-order valence-electron chi connectivity index (χ1n) is 11.8. The van der Waals surface area contributed by atoms with Crippen LogP contribution in [0.2, 0.25) is 15.1 Å². The van der Waals surface area contributed by atoms with Gasteiger partial charge in [-0.3, -0.25) is 13.9 Å². The lowest BCUT2D eigenvalue weighted by atomic mass is 10.1. The molecule has 202 valence electrons. The van der Waals surface area contributed by atoms with Crippen LogP contribution >= 0.6 is 34.8 Å². The molecule has 2 amide bonds. The summed E-state index contributed by atoms with van der Waals surface area (Å²) in [6.07, 6.45) is 0. The van der Waals surface area contributed by atoms with E-state index in [2.05, 4.69) is 5.32 Å². The predicted molar refractivity (Wildman–Crippen MR) is 152 cm³/mol. The topological polar surface area (TPSA) is 86.8 Å². The maximum Gasteiger partial charge on any atom is 0.264 e. The highest BCUT2D eigenvalue weighted by Crippen LogP contribution is 2.33. The van der Waals surface area contributed by atoms with Crippen molar-refractivity contribution in [2.24, 2.45) is 0 Å². The number of nitrogens with zero attached hydrogens (tertiary/aromatic N) is 2. The van der Waals surface area contributed by atoms with Crippen LogP contribution in [0.5, 0.6) is 0 Å². The van der Waals surface area contributed by atoms with Crippen LogP contribution in [0.15, 0.2) is 77.7 Å². The van der Waals surface area contributed by atoms with E-state index in [4.69, 9.17) is 34.8 Å². The number of rotatable bonds is 10. The van der Waals surface area contributed by atoms with E-state index in [1.165, 1.54) is 35.2 Å². The summed E-state index contributed by atoms with van der Waals surface area (Å²) >= 11 is 18.9. The minimum absolute atomic E-state index is 0.0201. The van der Waals surface area contributed by atoms with Gasteiger partial charge in [0.25, 0.3) is 10.0 Å². The molecule has 0 bridgehead atoms. The van der Waals surface area contributed by atoms with Gasteiger partial charge in [0.2, 0.25) is 11.8 Å². The van der Waals surface area contributed by atoms with Crippen molar-refractivity contribution in [1.29, 1.82) is 0 Å². The summed E-state index contributed by atoms with van der Waals surface area (Å²) in [7, 11) is -4.25. The normalized spacial score (nSPS) is 12.2. The van der Waals surface area contributed by atoms with E-state index in [9.17, 15) is 18.0 Å². The van der Waals surface area contributed by atoms with Crippen molar-refractivity contribution in [2.45, 2.75) is 44.3 Å². The van der Waals surface area contributed by atoms with Gasteiger partial charge in [0.15, 0.2) is 0 Å². The smallest absolute Gasteiger partial charge is 0.264 e. The third-order valence-corrected chi connectivity index (χ3v) is 8.38. The number of anilines is 1. The molecule has 3 aromatic rings. The van der Waals surface area contributed by atoms with Gasteiger partial charge in [0, 0.05) is 22.6 Å². The lowest BCUT2D eigenvalue weighted by Crippen LogP contribution is -2.52. The quantitative estimate of drug-likeness (QED) is 0.321. The highest BCUT2D eigenvalue weighted by atomic mass is 35.5. The van der Waals surface area contributed by atoms with E-state index in [0.717, 1.165) is 4.31 Å². The summed E-state index contributed by atoms with van der Waals surface area (Å²) < 4.78 is 28.4. The Morgan fingerprint density at radius 1 is 0.868 bits per heavy atom. The van der Waals surface area contributed by atoms with E-state index in [-0.39, 0.29) is 33.2 Å². The Bertz CT molecular complexity index is 1400. The highest BCUT2D eigenvalue weighted by Gasteiger charge is 2.33. The van der Waals surface area contributed by atoms with Crippen LogP contribution in [-0.2, 0) is 26.2 Å². The first-order valence-corrected chi connectivity index (χ1v) is 14.3. The molecule has 0 aromatic heterocycles. The van der Waals surface area contributed by atoms with Gasteiger partial charge in [0.05, 0.1) is 15.6 Å². The zero-order valence-corrected chi connectivity index (χ0v) is 24.2. The molecule has 0 aliphatic carbocycles. The first-order chi connectivity index (χ1) is 17.9. The molecular weight excluding hydrogens is 569 g/mol. The summed E-state index contributed by atoms with van der Waals surface area (Å²) in [5.41, 5.74) is 0.637. The zero-order chi connectivity index (χ0) is 28.0.